The first-order valence-electron chi connectivity index (χ1n) is 8.42. The normalized spacial score (nSPS) is 20.3. The first-order chi connectivity index (χ1) is 10.3. The van der Waals surface area contributed by atoms with Crippen LogP contribution in [0.15, 0.2) is 11.2 Å². The van der Waals surface area contributed by atoms with Gasteiger partial charge in [-0.1, -0.05) is 19.3 Å². The number of fused-ring (bicyclic) bond motifs is 1. The Morgan fingerprint density at radius 3 is 2.95 bits per heavy atom. The summed E-state index contributed by atoms with van der Waals surface area (Å²) in [6.07, 6.45) is 13.2. The minimum Gasteiger partial charge on any atom is -0.370 e. The molecule has 1 fully saturated rings. The molecule has 0 bridgehead atoms. The van der Waals surface area contributed by atoms with Crippen LogP contribution in [0.2, 0.25) is 0 Å². The van der Waals surface area contributed by atoms with E-state index in [1.54, 1.807) is 0 Å². The Labute approximate surface area is 127 Å². The van der Waals surface area contributed by atoms with E-state index in [0.29, 0.717) is 12.0 Å². The second-order valence-corrected chi connectivity index (χ2v) is 6.30. The Kier molecular flexibility index (Phi) is 4.78. The van der Waals surface area contributed by atoms with Gasteiger partial charge in [0.05, 0.1) is 5.69 Å². The minimum absolute atomic E-state index is 0.530. The van der Waals surface area contributed by atoms with E-state index in [9.17, 15) is 0 Å². The summed E-state index contributed by atoms with van der Waals surface area (Å²) in [6.45, 7) is 1.85. The van der Waals surface area contributed by atoms with Crippen LogP contribution < -0.4 is 11.1 Å². The van der Waals surface area contributed by atoms with E-state index in [0.717, 1.165) is 31.6 Å². The number of rotatable bonds is 4. The van der Waals surface area contributed by atoms with E-state index in [2.05, 4.69) is 21.1 Å². The van der Waals surface area contributed by atoms with E-state index in [4.69, 9.17) is 10.7 Å². The Morgan fingerprint density at radius 2 is 2.14 bits per heavy atom. The van der Waals surface area contributed by atoms with Gasteiger partial charge in [-0.15, -0.1) is 0 Å². The van der Waals surface area contributed by atoms with Crippen LogP contribution in [0.25, 0.3) is 0 Å². The zero-order valence-corrected chi connectivity index (χ0v) is 12.9. The first-order valence-corrected chi connectivity index (χ1v) is 8.42. The Hall–Kier alpha value is -1.52. The van der Waals surface area contributed by atoms with Gasteiger partial charge in [-0.25, -0.2) is 4.98 Å². The average molecular weight is 289 g/mol. The molecule has 0 aromatic carbocycles. The fourth-order valence-corrected chi connectivity index (χ4v) is 3.38. The lowest BCUT2D eigenvalue weighted by atomic mass is 9.96. The molecule has 2 heterocycles. The fraction of sp³-hybridized carbons (Fsp3) is 0.750. The molecule has 2 aliphatic rings. The van der Waals surface area contributed by atoms with Crippen molar-refractivity contribution in [1.82, 2.24) is 14.9 Å². The fourth-order valence-electron chi connectivity index (χ4n) is 3.38. The number of hydrogen-bond acceptors (Lipinski definition) is 2. The molecular weight excluding hydrogens is 262 g/mol. The summed E-state index contributed by atoms with van der Waals surface area (Å²) in [5.41, 5.74) is 7.13. The molecule has 5 heteroatoms. The van der Waals surface area contributed by atoms with Gasteiger partial charge in [0.2, 0.25) is 0 Å². The molecule has 116 valence electrons. The second-order valence-electron chi connectivity index (χ2n) is 6.30. The molecule has 0 unspecified atom stereocenters. The number of nitrogens with two attached hydrogens (primary N) is 1. The number of nitrogens with one attached hydrogen (secondary N) is 1. The van der Waals surface area contributed by atoms with Crippen molar-refractivity contribution in [2.45, 2.75) is 70.4 Å². The Balaban J connectivity index is 1.45. The van der Waals surface area contributed by atoms with Gasteiger partial charge in [0.1, 0.15) is 5.82 Å². The SMILES string of the molecule is NC(=NCCc1cn2c(n1)CCCC2)NC1CCCCC1. The molecule has 0 radical (unpaired) electrons. The van der Waals surface area contributed by atoms with E-state index >= 15 is 0 Å². The van der Waals surface area contributed by atoms with Crippen molar-refractivity contribution in [3.05, 3.63) is 17.7 Å². The van der Waals surface area contributed by atoms with Crippen molar-refractivity contribution >= 4 is 5.96 Å². The molecule has 0 amide bonds. The highest BCUT2D eigenvalue weighted by atomic mass is 15.1. The van der Waals surface area contributed by atoms with Gasteiger partial charge in [0.25, 0.3) is 0 Å². The monoisotopic (exact) mass is 289 g/mol. The van der Waals surface area contributed by atoms with Crippen molar-refractivity contribution in [3.8, 4) is 0 Å². The molecular formula is C16H27N5. The van der Waals surface area contributed by atoms with Crippen LogP contribution in [-0.4, -0.2) is 28.1 Å². The number of aromatic nitrogens is 2. The molecule has 1 saturated carbocycles. The minimum atomic E-state index is 0.530. The summed E-state index contributed by atoms with van der Waals surface area (Å²) in [4.78, 5) is 9.15. The van der Waals surface area contributed by atoms with Crippen LogP contribution in [0.1, 0.15) is 56.5 Å². The number of hydrogen-bond donors (Lipinski definition) is 2. The number of guanidine groups is 1. The average Bonchev–Trinajstić information content (AvgIpc) is 2.91. The number of aryl methyl sites for hydroxylation is 2. The van der Waals surface area contributed by atoms with Crippen molar-refractivity contribution in [1.29, 1.82) is 0 Å². The second kappa shape index (κ2) is 6.96. The van der Waals surface area contributed by atoms with Crippen LogP contribution in [0, 0.1) is 0 Å². The third-order valence-corrected chi connectivity index (χ3v) is 4.57. The van der Waals surface area contributed by atoms with Gasteiger partial charge in [0.15, 0.2) is 5.96 Å². The van der Waals surface area contributed by atoms with Gasteiger partial charge in [-0.05, 0) is 25.7 Å². The van der Waals surface area contributed by atoms with Crippen molar-refractivity contribution in [2.24, 2.45) is 10.7 Å². The van der Waals surface area contributed by atoms with Crippen molar-refractivity contribution in [2.75, 3.05) is 6.54 Å². The van der Waals surface area contributed by atoms with Gasteiger partial charge < -0.3 is 15.6 Å². The van der Waals surface area contributed by atoms with Gasteiger partial charge in [-0.3, -0.25) is 4.99 Å². The highest BCUT2D eigenvalue weighted by Crippen LogP contribution is 2.17. The zero-order valence-electron chi connectivity index (χ0n) is 12.9. The van der Waals surface area contributed by atoms with Crippen molar-refractivity contribution < 1.29 is 0 Å². The molecule has 1 aromatic heterocycles. The number of nitrogens with zero attached hydrogens (tertiary/aromatic N) is 3. The summed E-state index contributed by atoms with van der Waals surface area (Å²) >= 11 is 0. The lowest BCUT2D eigenvalue weighted by molar-refractivity contribution is 0.412. The van der Waals surface area contributed by atoms with Crippen LogP contribution in [0.4, 0.5) is 0 Å². The predicted octanol–water partition coefficient (Wildman–Crippen LogP) is 2.00. The molecule has 1 aliphatic carbocycles. The molecule has 3 rings (SSSR count). The predicted molar refractivity (Wildman–Crippen MR) is 85.4 cm³/mol. The van der Waals surface area contributed by atoms with Gasteiger partial charge in [-0.2, -0.15) is 0 Å². The van der Waals surface area contributed by atoms with Gasteiger partial charge >= 0.3 is 0 Å². The molecule has 5 nitrogen and oxygen atoms in total. The molecule has 0 atom stereocenters. The van der Waals surface area contributed by atoms with Crippen molar-refractivity contribution in [3.63, 3.8) is 0 Å². The van der Waals surface area contributed by atoms with Crippen LogP contribution in [0.3, 0.4) is 0 Å². The van der Waals surface area contributed by atoms with E-state index in [1.165, 1.54) is 50.8 Å². The quantitative estimate of drug-likeness (QED) is 0.658. The first kappa shape index (κ1) is 14.4. The topological polar surface area (TPSA) is 68.2 Å². The third-order valence-electron chi connectivity index (χ3n) is 4.57. The summed E-state index contributed by atoms with van der Waals surface area (Å²) < 4.78 is 2.30. The Bertz CT molecular complexity index is 461. The molecule has 0 spiro atoms. The summed E-state index contributed by atoms with van der Waals surface area (Å²) in [7, 11) is 0. The molecule has 1 aromatic rings. The van der Waals surface area contributed by atoms with E-state index in [-0.39, 0.29) is 0 Å². The standard InChI is InChI=1S/C16H27N5/c17-16(20-13-6-2-1-3-7-13)18-10-9-14-12-21-11-5-4-8-15(21)19-14/h12-13H,1-11H2,(H3,17,18,20). The van der Waals surface area contributed by atoms with Gasteiger partial charge in [0, 0.05) is 38.2 Å². The smallest absolute Gasteiger partial charge is 0.188 e. The van der Waals surface area contributed by atoms with Crippen LogP contribution >= 0.6 is 0 Å². The highest BCUT2D eigenvalue weighted by Gasteiger charge is 2.14. The summed E-state index contributed by atoms with van der Waals surface area (Å²) in [6, 6.07) is 0.530. The zero-order chi connectivity index (χ0) is 14.5. The van der Waals surface area contributed by atoms with E-state index < -0.39 is 0 Å². The third kappa shape index (κ3) is 3.99. The maximum absolute atomic E-state index is 5.98. The molecule has 21 heavy (non-hydrogen) atoms. The number of aliphatic imine (C=N–C) groups is 1. The van der Waals surface area contributed by atoms with E-state index in [1.807, 2.05) is 0 Å². The van der Waals surface area contributed by atoms with Crippen LogP contribution in [0.5, 0.6) is 0 Å². The van der Waals surface area contributed by atoms with Crippen LogP contribution in [-0.2, 0) is 19.4 Å². The Morgan fingerprint density at radius 1 is 1.29 bits per heavy atom. The lowest BCUT2D eigenvalue weighted by Gasteiger charge is -2.23. The molecule has 1 aliphatic heterocycles. The highest BCUT2D eigenvalue weighted by molar-refractivity contribution is 5.78. The number of imidazole rings is 1. The largest absolute Gasteiger partial charge is 0.370 e. The maximum Gasteiger partial charge on any atom is 0.188 e. The molecule has 3 N–H and O–H groups in total. The summed E-state index contributed by atoms with van der Waals surface area (Å²) in [5, 5.41) is 3.36. The maximum atomic E-state index is 5.98. The molecule has 0 saturated heterocycles. The lowest BCUT2D eigenvalue weighted by Crippen LogP contribution is -2.41. The summed E-state index contributed by atoms with van der Waals surface area (Å²) in [5.74, 6) is 1.85.